The van der Waals surface area contributed by atoms with E-state index in [2.05, 4.69) is 15.9 Å². The number of nitrogens with zero attached hydrogens (tertiary/aromatic N) is 1. The minimum absolute atomic E-state index is 0.106. The minimum Gasteiger partial charge on any atom is -0.507 e. The van der Waals surface area contributed by atoms with Crippen molar-refractivity contribution in [3.05, 3.63) is 57.4 Å². The van der Waals surface area contributed by atoms with E-state index >= 15 is 0 Å². The molecule has 1 atom stereocenters. The molecular formula is C19H14BrNO5S. The van der Waals surface area contributed by atoms with Gasteiger partial charge in [0.2, 0.25) is 0 Å². The largest absolute Gasteiger partial charge is 0.507 e. The number of benzene rings is 2. The van der Waals surface area contributed by atoms with Crippen molar-refractivity contribution < 1.29 is 24.2 Å². The van der Waals surface area contributed by atoms with Crippen LogP contribution in [0.3, 0.4) is 0 Å². The van der Waals surface area contributed by atoms with E-state index in [-0.39, 0.29) is 30.0 Å². The van der Waals surface area contributed by atoms with Crippen LogP contribution in [0.5, 0.6) is 17.2 Å². The molecule has 0 spiro atoms. The fourth-order valence-corrected chi connectivity index (χ4v) is 4.02. The van der Waals surface area contributed by atoms with Gasteiger partial charge in [-0.15, -0.1) is 0 Å². The highest BCUT2D eigenvalue weighted by Crippen LogP contribution is 2.35. The van der Waals surface area contributed by atoms with Gasteiger partial charge in [-0.3, -0.25) is 14.5 Å². The van der Waals surface area contributed by atoms with Crippen molar-refractivity contribution in [2.75, 3.05) is 13.2 Å². The molecule has 0 bridgehead atoms. The lowest BCUT2D eigenvalue weighted by atomic mass is 10.2. The summed E-state index contributed by atoms with van der Waals surface area (Å²) in [5.74, 6) is 0.998. The van der Waals surface area contributed by atoms with Gasteiger partial charge in [0.05, 0.1) is 15.9 Å². The zero-order chi connectivity index (χ0) is 19.0. The highest BCUT2D eigenvalue weighted by molar-refractivity contribution is 9.10. The van der Waals surface area contributed by atoms with E-state index in [0.717, 1.165) is 11.8 Å². The quantitative estimate of drug-likeness (QED) is 0.715. The topological polar surface area (TPSA) is 76.1 Å². The van der Waals surface area contributed by atoms with E-state index in [4.69, 9.17) is 9.47 Å². The lowest BCUT2D eigenvalue weighted by molar-refractivity contribution is -0.123. The Labute approximate surface area is 167 Å². The standard InChI is InChI=1S/C19H14BrNO5S/c20-13-7-11(5-6-14(13)22)8-17-18(23)21(19(24)27-17)9-12-10-25-15-3-1-2-4-16(15)26-12/h1-8,12,22H,9-10H2/b17-8+. The van der Waals surface area contributed by atoms with Crippen molar-refractivity contribution >= 4 is 44.9 Å². The van der Waals surface area contributed by atoms with E-state index in [1.54, 1.807) is 24.3 Å². The van der Waals surface area contributed by atoms with E-state index in [9.17, 15) is 14.7 Å². The summed E-state index contributed by atoms with van der Waals surface area (Å²) in [7, 11) is 0. The number of phenols is 1. The summed E-state index contributed by atoms with van der Waals surface area (Å²) >= 11 is 4.12. The van der Waals surface area contributed by atoms with Gasteiger partial charge in [-0.2, -0.15) is 0 Å². The van der Waals surface area contributed by atoms with Crippen LogP contribution in [-0.2, 0) is 4.79 Å². The lowest BCUT2D eigenvalue weighted by Crippen LogP contribution is -2.42. The second-order valence-corrected chi connectivity index (χ2v) is 7.85. The van der Waals surface area contributed by atoms with Crippen molar-refractivity contribution in [3.63, 3.8) is 0 Å². The molecule has 6 nitrogen and oxygen atoms in total. The summed E-state index contributed by atoms with van der Waals surface area (Å²) in [5.41, 5.74) is 0.705. The number of rotatable bonds is 3. The molecule has 27 heavy (non-hydrogen) atoms. The highest BCUT2D eigenvalue weighted by atomic mass is 79.9. The van der Waals surface area contributed by atoms with Crippen LogP contribution < -0.4 is 9.47 Å². The normalized spacial score (nSPS) is 20.4. The first-order valence-corrected chi connectivity index (χ1v) is 9.74. The van der Waals surface area contributed by atoms with Crippen LogP contribution in [0.4, 0.5) is 4.79 Å². The molecule has 2 aliphatic heterocycles. The van der Waals surface area contributed by atoms with Gasteiger partial charge >= 0.3 is 0 Å². The molecule has 2 amide bonds. The number of halogens is 1. The maximum Gasteiger partial charge on any atom is 0.293 e. The first-order chi connectivity index (χ1) is 13.0. The molecule has 2 aromatic rings. The van der Waals surface area contributed by atoms with Crippen molar-refractivity contribution in [1.82, 2.24) is 4.90 Å². The third-order valence-corrected chi connectivity index (χ3v) is 5.64. The molecule has 2 aromatic carbocycles. The Bertz CT molecular complexity index is 961. The van der Waals surface area contributed by atoms with E-state index < -0.39 is 6.10 Å². The Morgan fingerprint density at radius 2 is 2.00 bits per heavy atom. The molecule has 1 N–H and O–H groups in total. The van der Waals surface area contributed by atoms with E-state index in [0.29, 0.717) is 26.4 Å². The number of carbonyl (C=O) groups is 2. The van der Waals surface area contributed by atoms with Crippen LogP contribution in [0.15, 0.2) is 51.8 Å². The number of hydrogen-bond donors (Lipinski definition) is 1. The van der Waals surface area contributed by atoms with Gasteiger partial charge in [-0.05, 0) is 63.6 Å². The molecule has 4 rings (SSSR count). The maximum atomic E-state index is 12.6. The highest BCUT2D eigenvalue weighted by Gasteiger charge is 2.37. The summed E-state index contributed by atoms with van der Waals surface area (Å²) in [6, 6.07) is 12.2. The van der Waals surface area contributed by atoms with E-state index in [1.165, 1.54) is 11.0 Å². The SMILES string of the molecule is O=C1S/C(=C/c2ccc(O)c(Br)c2)C(=O)N1CC1COc2ccccc2O1. The van der Waals surface area contributed by atoms with Gasteiger partial charge in [-0.25, -0.2) is 0 Å². The Morgan fingerprint density at radius 1 is 1.22 bits per heavy atom. The van der Waals surface area contributed by atoms with Crippen LogP contribution in [-0.4, -0.2) is 40.4 Å². The number of para-hydroxylation sites is 2. The fourth-order valence-electron chi connectivity index (χ4n) is 2.78. The summed E-state index contributed by atoms with van der Waals surface area (Å²) in [4.78, 5) is 26.5. The number of hydrogen-bond acceptors (Lipinski definition) is 6. The molecule has 1 fully saturated rings. The average molecular weight is 448 g/mol. The van der Waals surface area contributed by atoms with Crippen LogP contribution in [0.1, 0.15) is 5.56 Å². The number of thioether (sulfide) groups is 1. The Kier molecular flexibility index (Phi) is 4.84. The number of imide groups is 1. The monoisotopic (exact) mass is 447 g/mol. The smallest absolute Gasteiger partial charge is 0.293 e. The van der Waals surface area contributed by atoms with Gasteiger partial charge in [0.15, 0.2) is 17.6 Å². The van der Waals surface area contributed by atoms with Crippen LogP contribution in [0.2, 0.25) is 0 Å². The van der Waals surface area contributed by atoms with Gasteiger partial charge < -0.3 is 14.6 Å². The molecular weight excluding hydrogens is 434 g/mol. The molecule has 2 heterocycles. The van der Waals surface area contributed by atoms with Crippen LogP contribution >= 0.6 is 27.7 Å². The predicted molar refractivity (Wildman–Crippen MR) is 105 cm³/mol. The summed E-state index contributed by atoms with van der Waals surface area (Å²) in [6.07, 6.45) is 1.21. The summed E-state index contributed by atoms with van der Waals surface area (Å²) in [5, 5.41) is 9.22. The molecule has 8 heteroatoms. The Hall–Kier alpha value is -2.45. The van der Waals surface area contributed by atoms with Gasteiger partial charge in [0.25, 0.3) is 11.1 Å². The zero-order valence-corrected chi connectivity index (χ0v) is 16.3. The molecule has 138 valence electrons. The predicted octanol–water partition coefficient (Wildman–Crippen LogP) is 4.03. The summed E-state index contributed by atoms with van der Waals surface area (Å²) < 4.78 is 12.0. The zero-order valence-electron chi connectivity index (χ0n) is 13.9. The van der Waals surface area contributed by atoms with Gasteiger partial charge in [0.1, 0.15) is 12.4 Å². The number of phenolic OH excluding ortho intramolecular Hbond substituents is 1. The second kappa shape index (κ2) is 7.28. The number of carbonyl (C=O) groups excluding carboxylic acids is 2. The number of ether oxygens (including phenoxy) is 2. The maximum absolute atomic E-state index is 12.6. The molecule has 1 unspecified atom stereocenters. The Morgan fingerprint density at radius 3 is 2.78 bits per heavy atom. The molecule has 1 saturated heterocycles. The van der Waals surface area contributed by atoms with Crippen molar-refractivity contribution in [1.29, 1.82) is 0 Å². The number of aromatic hydroxyl groups is 1. The lowest BCUT2D eigenvalue weighted by Gasteiger charge is -2.28. The summed E-state index contributed by atoms with van der Waals surface area (Å²) in [6.45, 7) is 0.387. The molecule has 2 aliphatic rings. The first-order valence-electron chi connectivity index (χ1n) is 8.13. The van der Waals surface area contributed by atoms with Crippen molar-refractivity contribution in [3.8, 4) is 17.2 Å². The van der Waals surface area contributed by atoms with E-state index in [1.807, 2.05) is 18.2 Å². The Balaban J connectivity index is 1.48. The number of fused-ring (bicyclic) bond motifs is 1. The van der Waals surface area contributed by atoms with Gasteiger partial charge in [0, 0.05) is 0 Å². The molecule has 0 aliphatic carbocycles. The van der Waals surface area contributed by atoms with Crippen LogP contribution in [0.25, 0.3) is 6.08 Å². The average Bonchev–Trinajstić information content (AvgIpc) is 2.92. The fraction of sp³-hybridized carbons (Fsp3) is 0.158. The molecule has 0 saturated carbocycles. The van der Waals surface area contributed by atoms with Crippen LogP contribution in [0, 0.1) is 0 Å². The third kappa shape index (κ3) is 3.68. The van der Waals surface area contributed by atoms with Crippen molar-refractivity contribution in [2.45, 2.75) is 6.10 Å². The molecule has 0 radical (unpaired) electrons. The first kappa shape index (κ1) is 17.9. The minimum atomic E-state index is -0.421. The van der Waals surface area contributed by atoms with Gasteiger partial charge in [-0.1, -0.05) is 18.2 Å². The number of amides is 2. The van der Waals surface area contributed by atoms with Crippen molar-refractivity contribution in [2.24, 2.45) is 0 Å². The molecule has 0 aromatic heterocycles. The third-order valence-electron chi connectivity index (χ3n) is 4.10. The second-order valence-electron chi connectivity index (χ2n) is 6.00.